The van der Waals surface area contributed by atoms with E-state index >= 15 is 0 Å². The average Bonchev–Trinajstić information content (AvgIpc) is 3.56. The molecule has 2 fully saturated rings. The molecule has 6 rings (SSSR count). The zero-order valence-electron chi connectivity index (χ0n) is 33.9. The van der Waals surface area contributed by atoms with Crippen molar-refractivity contribution in [3.8, 4) is 11.5 Å². The van der Waals surface area contributed by atoms with E-state index in [4.69, 9.17) is 4.74 Å². The maximum absolute atomic E-state index is 13.4. The average molecular weight is 824 g/mol. The number of hydrogen-bond acceptors (Lipinski definition) is 10. The summed E-state index contributed by atoms with van der Waals surface area (Å²) in [6, 6.07) is 18.8. The van der Waals surface area contributed by atoms with Crippen LogP contribution >= 0.6 is 0 Å². The van der Waals surface area contributed by atoms with Crippen molar-refractivity contribution in [2.75, 3.05) is 33.4 Å². The number of carbonyl (C=O) groups excluding carboxylic acids is 7. The SMILES string of the molecule is COC(=O)CNC(=O)[C@H](Cc1ccccc1)NC(=O)CNC(=O)CNC(=O)[C@H](Cc1ccc(O)cc1)NC(=O)COc1ccc2c(c1)CC[C@@H]1[C@@H]2CC[C@]2(C)C(=O)CC[C@@H]12. The van der Waals surface area contributed by atoms with E-state index in [1.807, 2.05) is 12.1 Å². The Morgan fingerprint density at radius 3 is 2.10 bits per heavy atom. The minimum atomic E-state index is -1.12. The number of nitrogens with one attached hydrogen (secondary N) is 5. The first-order valence-corrected chi connectivity index (χ1v) is 20.4. The van der Waals surface area contributed by atoms with Crippen molar-refractivity contribution in [1.29, 1.82) is 0 Å². The summed E-state index contributed by atoms with van der Waals surface area (Å²) in [5, 5.41) is 22.3. The van der Waals surface area contributed by atoms with Crippen molar-refractivity contribution in [2.45, 2.75) is 76.3 Å². The number of carbonyl (C=O) groups is 7. The van der Waals surface area contributed by atoms with Crippen LogP contribution in [0.5, 0.6) is 11.5 Å². The zero-order valence-corrected chi connectivity index (χ0v) is 33.9. The maximum atomic E-state index is 13.4. The molecule has 15 heteroatoms. The zero-order chi connectivity index (χ0) is 42.8. The van der Waals surface area contributed by atoms with Gasteiger partial charge in [-0.25, -0.2) is 0 Å². The molecular formula is C45H53N5O10. The summed E-state index contributed by atoms with van der Waals surface area (Å²) in [5.74, 6) is -1.61. The summed E-state index contributed by atoms with van der Waals surface area (Å²) >= 11 is 0. The number of ketones is 1. The van der Waals surface area contributed by atoms with Gasteiger partial charge < -0.3 is 41.2 Å². The third kappa shape index (κ3) is 10.9. The molecular weight excluding hydrogens is 771 g/mol. The predicted octanol–water partition coefficient (Wildman–Crippen LogP) is 2.17. The van der Waals surface area contributed by atoms with Gasteiger partial charge in [0, 0.05) is 24.7 Å². The molecule has 0 heterocycles. The summed E-state index contributed by atoms with van der Waals surface area (Å²) in [6.45, 7) is 0.363. The molecule has 0 spiro atoms. The van der Waals surface area contributed by atoms with Gasteiger partial charge in [-0.05, 0) is 96.4 Å². The number of ether oxygens (including phenoxy) is 2. The van der Waals surface area contributed by atoms with E-state index in [1.54, 1.807) is 42.5 Å². The highest BCUT2D eigenvalue weighted by Gasteiger charge is 2.54. The first-order valence-electron chi connectivity index (χ1n) is 20.4. The van der Waals surface area contributed by atoms with Gasteiger partial charge in [-0.2, -0.15) is 0 Å². The molecule has 3 aliphatic rings. The van der Waals surface area contributed by atoms with Crippen molar-refractivity contribution in [3.63, 3.8) is 0 Å². The maximum Gasteiger partial charge on any atom is 0.325 e. The fraction of sp³-hybridized carbons (Fsp3) is 0.444. The second-order valence-electron chi connectivity index (χ2n) is 16.1. The fourth-order valence-electron chi connectivity index (χ4n) is 9.07. The molecule has 3 aromatic carbocycles. The molecule has 6 N–H and O–H groups in total. The standard InChI is InChI=1S/C45H53N5O10/c1-45-19-18-33-32-15-13-31(22-29(32)10-14-34(33)35(45)16-17-38(45)52)60-26-41(55)50-37(21-28-8-11-30(51)12-9-28)43(57)47-23-39(53)46-24-40(54)49-36(20-27-6-4-3-5-7-27)44(58)48-25-42(56)59-2/h3-9,11-13,15,22,33-37,51H,10,14,16-21,23-26H2,1-2H3,(H,46,53)(H,47,57)(H,48,58)(H,49,54)(H,50,55)/t33-,34-,35+,36+,37+,45+/m1/s1. The Bertz CT molecular complexity index is 2080. The Labute approximate surface area is 348 Å². The highest BCUT2D eigenvalue weighted by Crippen LogP contribution is 2.59. The lowest BCUT2D eigenvalue weighted by Gasteiger charge is -2.48. The van der Waals surface area contributed by atoms with Crippen molar-refractivity contribution < 1.29 is 48.1 Å². The van der Waals surface area contributed by atoms with Gasteiger partial charge in [0.25, 0.3) is 5.91 Å². The number of hydrogen-bond donors (Lipinski definition) is 6. The third-order valence-electron chi connectivity index (χ3n) is 12.2. The second-order valence-corrected chi connectivity index (χ2v) is 16.1. The van der Waals surface area contributed by atoms with Crippen LogP contribution in [0.3, 0.4) is 0 Å². The Morgan fingerprint density at radius 2 is 1.40 bits per heavy atom. The molecule has 3 aromatic rings. The molecule has 60 heavy (non-hydrogen) atoms. The van der Waals surface area contributed by atoms with Gasteiger partial charge in [0.2, 0.25) is 23.6 Å². The van der Waals surface area contributed by atoms with Crippen LogP contribution in [0, 0.1) is 17.3 Å². The van der Waals surface area contributed by atoms with Crippen LogP contribution in [0.25, 0.3) is 0 Å². The fourth-order valence-corrected chi connectivity index (χ4v) is 9.07. The van der Waals surface area contributed by atoms with Crippen molar-refractivity contribution in [1.82, 2.24) is 26.6 Å². The number of methoxy groups -OCH3 is 1. The normalized spacial score (nSPS) is 21.1. The number of esters is 1. The number of phenolic OH excluding ortho intramolecular Hbond substituents is 1. The second kappa shape index (κ2) is 19.7. The van der Waals surface area contributed by atoms with Crippen molar-refractivity contribution in [2.24, 2.45) is 17.3 Å². The molecule has 6 atom stereocenters. The number of phenols is 1. The molecule has 318 valence electrons. The van der Waals surface area contributed by atoms with Crippen LogP contribution in [0.1, 0.15) is 67.2 Å². The molecule has 5 amide bonds. The van der Waals surface area contributed by atoms with Crippen LogP contribution in [0.4, 0.5) is 0 Å². The summed E-state index contributed by atoms with van der Waals surface area (Å²) < 4.78 is 10.5. The quantitative estimate of drug-likeness (QED) is 0.109. The van der Waals surface area contributed by atoms with E-state index in [-0.39, 0.29) is 30.6 Å². The third-order valence-corrected chi connectivity index (χ3v) is 12.2. The highest BCUT2D eigenvalue weighted by molar-refractivity contribution is 5.94. The van der Waals surface area contributed by atoms with Gasteiger partial charge in [-0.3, -0.25) is 33.6 Å². The van der Waals surface area contributed by atoms with Gasteiger partial charge in [0.15, 0.2) is 6.61 Å². The van der Waals surface area contributed by atoms with E-state index in [1.165, 1.54) is 30.4 Å². The van der Waals surface area contributed by atoms with Gasteiger partial charge in [0.05, 0.1) is 20.2 Å². The lowest BCUT2D eigenvalue weighted by Crippen LogP contribution is -2.53. The van der Waals surface area contributed by atoms with E-state index in [0.717, 1.165) is 37.7 Å². The Balaban J connectivity index is 1.00. The van der Waals surface area contributed by atoms with Gasteiger partial charge in [-0.15, -0.1) is 0 Å². The summed E-state index contributed by atoms with van der Waals surface area (Å²) in [4.78, 5) is 89.3. The first-order chi connectivity index (χ1) is 28.8. The minimum Gasteiger partial charge on any atom is -0.508 e. The van der Waals surface area contributed by atoms with Crippen LogP contribution < -0.4 is 31.3 Å². The molecule has 0 aliphatic heterocycles. The highest BCUT2D eigenvalue weighted by atomic mass is 16.5. The lowest BCUT2D eigenvalue weighted by molar-refractivity contribution is -0.141. The van der Waals surface area contributed by atoms with Gasteiger partial charge >= 0.3 is 5.97 Å². The smallest absolute Gasteiger partial charge is 0.325 e. The topological polar surface area (TPSA) is 218 Å². The minimum absolute atomic E-state index is 0.0299. The van der Waals surface area contributed by atoms with E-state index < -0.39 is 67.2 Å². The van der Waals surface area contributed by atoms with Gasteiger partial charge in [-0.1, -0.05) is 55.5 Å². The Kier molecular flexibility index (Phi) is 14.2. The largest absolute Gasteiger partial charge is 0.508 e. The van der Waals surface area contributed by atoms with Crippen LogP contribution in [0.2, 0.25) is 0 Å². The monoisotopic (exact) mass is 823 g/mol. The Morgan fingerprint density at radius 1 is 0.750 bits per heavy atom. The number of rotatable bonds is 17. The molecule has 15 nitrogen and oxygen atoms in total. The van der Waals surface area contributed by atoms with E-state index in [0.29, 0.717) is 41.3 Å². The van der Waals surface area contributed by atoms with Crippen LogP contribution in [-0.2, 0) is 57.6 Å². The predicted molar refractivity (Wildman–Crippen MR) is 218 cm³/mol. The van der Waals surface area contributed by atoms with E-state index in [2.05, 4.69) is 44.3 Å². The first kappa shape index (κ1) is 43.3. The summed E-state index contributed by atoms with van der Waals surface area (Å²) in [5.41, 5.74) is 3.68. The summed E-state index contributed by atoms with van der Waals surface area (Å²) in [6.07, 6.45) is 5.59. The molecule has 0 unspecified atom stereocenters. The van der Waals surface area contributed by atoms with E-state index in [9.17, 15) is 38.7 Å². The lowest BCUT2D eigenvalue weighted by atomic mass is 9.55. The molecule has 0 aromatic heterocycles. The molecule has 3 aliphatic carbocycles. The van der Waals surface area contributed by atoms with Crippen LogP contribution in [-0.4, -0.2) is 91.8 Å². The molecule has 0 radical (unpaired) electrons. The van der Waals surface area contributed by atoms with Crippen molar-refractivity contribution in [3.05, 3.63) is 95.1 Å². The number of aryl methyl sites for hydroxylation is 1. The Hall–Kier alpha value is -6.25. The molecule has 0 bridgehead atoms. The molecule has 2 saturated carbocycles. The number of aromatic hydroxyl groups is 1. The number of Topliss-reactive ketones (excluding diaryl/α,β-unsaturated/α-hetero) is 1. The number of amides is 5. The van der Waals surface area contributed by atoms with Gasteiger partial charge in [0.1, 0.15) is 35.9 Å². The summed E-state index contributed by atoms with van der Waals surface area (Å²) in [7, 11) is 1.18. The number of benzene rings is 3. The number of fused-ring (bicyclic) bond motifs is 5. The van der Waals surface area contributed by atoms with Crippen LogP contribution in [0.15, 0.2) is 72.8 Å². The molecule has 0 saturated heterocycles. The van der Waals surface area contributed by atoms with Crippen molar-refractivity contribution >= 4 is 41.3 Å².